The van der Waals surface area contributed by atoms with Gasteiger partial charge in [-0.2, -0.15) is 0 Å². The molecule has 3 N–H and O–H groups in total. The number of halogens is 3. The minimum Gasteiger partial charge on any atom is -0.512 e. The fourth-order valence-corrected chi connectivity index (χ4v) is 5.98. The van der Waals surface area contributed by atoms with Crippen molar-refractivity contribution in [3.63, 3.8) is 0 Å². The Morgan fingerprint density at radius 1 is 1.02 bits per heavy atom. The highest BCUT2D eigenvalue weighted by molar-refractivity contribution is 6.12. The molecule has 2 saturated carbocycles. The lowest BCUT2D eigenvalue weighted by molar-refractivity contribution is -0.274. The average molecular weight is 573 g/mol. The third-order valence-corrected chi connectivity index (χ3v) is 8.29. The first kappa shape index (κ1) is 27.5. The molecule has 2 saturated heterocycles. The van der Waals surface area contributed by atoms with Crippen LogP contribution in [0.15, 0.2) is 41.7 Å². The molecule has 0 amide bonds. The lowest BCUT2D eigenvalue weighted by atomic mass is 9.98. The number of allylic oxidation sites excluding steroid dienone is 1. The van der Waals surface area contributed by atoms with Gasteiger partial charge in [-0.3, -0.25) is 5.41 Å². The van der Waals surface area contributed by atoms with Crippen LogP contribution in [0.5, 0.6) is 5.75 Å². The van der Waals surface area contributed by atoms with Crippen molar-refractivity contribution in [1.29, 1.82) is 5.41 Å². The summed E-state index contributed by atoms with van der Waals surface area (Å²) in [5.74, 6) is -1.04. The highest BCUT2D eigenvalue weighted by atomic mass is 19.4. The number of aromatic carboxylic acids is 1. The van der Waals surface area contributed by atoms with Gasteiger partial charge >= 0.3 is 12.3 Å². The van der Waals surface area contributed by atoms with Crippen LogP contribution in [0.4, 0.5) is 19.1 Å². The summed E-state index contributed by atoms with van der Waals surface area (Å²) in [5, 5.41) is 29.2. The molecule has 4 fully saturated rings. The molecule has 0 spiro atoms. The van der Waals surface area contributed by atoms with Crippen LogP contribution < -0.4 is 9.64 Å². The van der Waals surface area contributed by atoms with E-state index in [2.05, 4.69) is 14.6 Å². The number of rotatable bonds is 10. The second-order valence-corrected chi connectivity index (χ2v) is 11.3. The number of benzene rings is 1. The van der Waals surface area contributed by atoms with Crippen molar-refractivity contribution in [2.24, 2.45) is 5.92 Å². The number of anilines is 1. The number of carboxylic acids is 1. The summed E-state index contributed by atoms with van der Waals surface area (Å²) in [6.07, 6.45) is 1.31. The van der Waals surface area contributed by atoms with Gasteiger partial charge < -0.3 is 24.6 Å². The van der Waals surface area contributed by atoms with Crippen molar-refractivity contribution in [3.05, 3.63) is 58.6 Å². The largest absolute Gasteiger partial charge is 0.573 e. The Balaban J connectivity index is 1.18. The third kappa shape index (κ3) is 6.02. The van der Waals surface area contributed by atoms with E-state index in [0.29, 0.717) is 18.8 Å². The molecule has 1 aromatic carbocycles. The van der Waals surface area contributed by atoms with E-state index >= 15 is 0 Å². The second-order valence-electron chi connectivity index (χ2n) is 11.3. The van der Waals surface area contributed by atoms with Gasteiger partial charge in [0.25, 0.3) is 0 Å². The lowest BCUT2D eigenvalue weighted by Crippen LogP contribution is -2.46. The van der Waals surface area contributed by atoms with E-state index in [1.165, 1.54) is 18.2 Å². The van der Waals surface area contributed by atoms with Crippen molar-refractivity contribution >= 4 is 17.6 Å². The normalized spacial score (nSPS) is 24.7. The maximum atomic E-state index is 13.0. The molecule has 2 aliphatic carbocycles. The second kappa shape index (κ2) is 10.6. The molecule has 3 atom stereocenters. The Morgan fingerprint density at radius 2 is 1.71 bits per heavy atom. The highest BCUT2D eigenvalue weighted by Gasteiger charge is 2.44. The zero-order chi connectivity index (χ0) is 28.9. The van der Waals surface area contributed by atoms with Gasteiger partial charge in [-0.25, -0.2) is 14.8 Å². The minimum atomic E-state index is -4.92. The predicted molar refractivity (Wildman–Crippen MR) is 142 cm³/mol. The van der Waals surface area contributed by atoms with E-state index < -0.39 is 18.1 Å². The first-order valence-corrected chi connectivity index (χ1v) is 14.0. The topological polar surface area (TPSA) is 129 Å². The highest BCUT2D eigenvalue weighted by Crippen LogP contribution is 2.43. The summed E-state index contributed by atoms with van der Waals surface area (Å²) in [6.45, 7) is -0.123. The molecule has 2 unspecified atom stereocenters. The Bertz CT molecular complexity index is 1370. The number of ether oxygens (including phenoxy) is 2. The molecule has 0 radical (unpaired) electrons. The molecule has 2 aromatic rings. The Labute approximate surface area is 234 Å². The number of hydrogen-bond acceptors (Lipinski definition) is 8. The maximum absolute atomic E-state index is 13.0. The van der Waals surface area contributed by atoms with E-state index in [0.717, 1.165) is 50.3 Å². The Kier molecular flexibility index (Phi) is 7.13. The van der Waals surface area contributed by atoms with Gasteiger partial charge in [0.2, 0.25) is 5.95 Å². The van der Waals surface area contributed by atoms with Crippen molar-refractivity contribution in [2.75, 3.05) is 11.5 Å². The van der Waals surface area contributed by atoms with Crippen LogP contribution in [0.3, 0.4) is 0 Å². The summed E-state index contributed by atoms with van der Waals surface area (Å²) in [7, 11) is 0. The first-order valence-electron chi connectivity index (χ1n) is 14.0. The zero-order valence-electron chi connectivity index (χ0n) is 22.2. The molecule has 9 nitrogen and oxygen atoms in total. The predicted octanol–water partition coefficient (Wildman–Crippen LogP) is 5.76. The number of piperidine rings is 1. The molecular formula is C29H31F3N4O5. The molecular weight excluding hydrogens is 541 g/mol. The van der Waals surface area contributed by atoms with E-state index in [-0.39, 0.29) is 64.9 Å². The number of nitrogens with one attached hydrogen (secondary N) is 1. The van der Waals surface area contributed by atoms with Crippen LogP contribution in [-0.2, 0) is 4.74 Å². The van der Waals surface area contributed by atoms with Gasteiger partial charge in [0.15, 0.2) is 5.69 Å². The number of carbonyl (C=O) groups is 1. The number of fused-ring (bicyclic) bond motifs is 2. The Hall–Kier alpha value is -3.67. The lowest BCUT2D eigenvalue weighted by Gasteiger charge is -2.39. The smallest absolute Gasteiger partial charge is 0.512 e. The van der Waals surface area contributed by atoms with Crippen LogP contribution in [0, 0.1) is 11.3 Å². The van der Waals surface area contributed by atoms with Gasteiger partial charge in [0, 0.05) is 40.7 Å². The fourth-order valence-electron chi connectivity index (χ4n) is 5.98. The summed E-state index contributed by atoms with van der Waals surface area (Å²) in [4.78, 5) is 22.9. The molecule has 12 heteroatoms. The molecule has 41 heavy (non-hydrogen) atoms. The number of aliphatic hydroxyl groups is 1. The summed E-state index contributed by atoms with van der Waals surface area (Å²) >= 11 is 0. The molecule has 6 rings (SSSR count). The number of carboxylic acid groups (broad SMARTS) is 1. The third-order valence-electron chi connectivity index (χ3n) is 8.29. The molecule has 1 aromatic heterocycles. The van der Waals surface area contributed by atoms with Crippen molar-refractivity contribution in [1.82, 2.24) is 9.97 Å². The van der Waals surface area contributed by atoms with Crippen LogP contribution in [0.25, 0.3) is 0 Å². The number of para-hydroxylation sites is 1. The van der Waals surface area contributed by atoms with Crippen molar-refractivity contribution in [2.45, 2.75) is 81.8 Å². The standard InChI is InChI=1S/C29H31F3N4O5/c30-29(31,32)41-24-4-2-1-3-20(24)25(33)21(26(37)16-7-8-16)14-40-19-11-17-9-10-18(12-19)36(17)28-34-22(15-5-6-15)13-23(35-28)27(38)39/h1-4,13,15-19,33,37H,5-12,14H2,(H,38,39)/b26-21-,33-25?/t17-,18?,19?/m0/s1. The first-order chi connectivity index (χ1) is 19.6. The number of alkyl halides is 3. The van der Waals surface area contributed by atoms with Crippen molar-refractivity contribution in [3.8, 4) is 5.75 Å². The summed E-state index contributed by atoms with van der Waals surface area (Å²) in [6, 6.07) is 7.07. The van der Waals surface area contributed by atoms with E-state index in [1.807, 2.05) is 0 Å². The minimum absolute atomic E-state index is 0.00620. The van der Waals surface area contributed by atoms with Gasteiger partial charge in [-0.05, 0) is 69.6 Å². The molecule has 4 aliphatic rings. The SMILES string of the molecule is N=C(/C(COC1CC2CC[C@@H](C1)N2c1nc(C(=O)O)cc(C2CC2)n1)=C(\O)C1CC1)c1ccccc1OC(F)(F)F. The number of aromatic nitrogens is 2. The van der Waals surface area contributed by atoms with Crippen LogP contribution >= 0.6 is 0 Å². The Morgan fingerprint density at radius 3 is 2.32 bits per heavy atom. The number of aliphatic hydroxyl groups excluding tert-OH is 1. The molecule has 2 bridgehead atoms. The quantitative estimate of drug-likeness (QED) is 0.242. The maximum Gasteiger partial charge on any atom is 0.573 e. The van der Waals surface area contributed by atoms with Crippen molar-refractivity contribution < 1.29 is 37.7 Å². The van der Waals surface area contributed by atoms with Gasteiger partial charge in [-0.15, -0.1) is 13.2 Å². The van der Waals surface area contributed by atoms with E-state index in [9.17, 15) is 28.2 Å². The molecule has 2 aliphatic heterocycles. The average Bonchev–Trinajstić information content (AvgIpc) is 3.84. The summed E-state index contributed by atoms with van der Waals surface area (Å²) in [5.41, 5.74) is 0.581. The zero-order valence-corrected chi connectivity index (χ0v) is 22.2. The monoisotopic (exact) mass is 572 g/mol. The number of nitrogens with zero attached hydrogens (tertiary/aromatic N) is 3. The van der Waals surface area contributed by atoms with Gasteiger partial charge in [0.1, 0.15) is 11.5 Å². The molecule has 218 valence electrons. The van der Waals surface area contributed by atoms with Crippen LogP contribution in [0.2, 0.25) is 0 Å². The van der Waals surface area contributed by atoms with Crippen LogP contribution in [-0.4, -0.2) is 63.0 Å². The van der Waals surface area contributed by atoms with Gasteiger partial charge in [-0.1, -0.05) is 12.1 Å². The van der Waals surface area contributed by atoms with Gasteiger partial charge in [0.05, 0.1) is 18.4 Å². The molecule has 3 heterocycles. The summed E-state index contributed by atoms with van der Waals surface area (Å²) < 4.78 is 49.4. The van der Waals surface area contributed by atoms with Crippen LogP contribution in [0.1, 0.15) is 79.0 Å². The fraction of sp³-hybridized carbons (Fsp3) is 0.517. The number of hydrogen-bond donors (Lipinski definition) is 3. The van der Waals surface area contributed by atoms with E-state index in [1.54, 1.807) is 6.07 Å². The van der Waals surface area contributed by atoms with E-state index in [4.69, 9.17) is 15.1 Å².